The van der Waals surface area contributed by atoms with Gasteiger partial charge in [0.25, 0.3) is 0 Å². The van der Waals surface area contributed by atoms with Gasteiger partial charge in [0, 0.05) is 32.3 Å². The topological polar surface area (TPSA) is 52.6 Å². The van der Waals surface area contributed by atoms with Crippen LogP contribution in [0.4, 0.5) is 0 Å². The highest BCUT2D eigenvalue weighted by atomic mass is 16.3. The summed E-state index contributed by atoms with van der Waals surface area (Å²) >= 11 is 0. The van der Waals surface area contributed by atoms with Crippen molar-refractivity contribution in [3.05, 3.63) is 35.9 Å². The van der Waals surface area contributed by atoms with Gasteiger partial charge in [-0.15, -0.1) is 0 Å². The highest BCUT2D eigenvalue weighted by Crippen LogP contribution is 2.34. The van der Waals surface area contributed by atoms with Crippen molar-refractivity contribution in [3.63, 3.8) is 0 Å². The zero-order valence-electron chi connectivity index (χ0n) is 13.7. The molecule has 1 heterocycles. The van der Waals surface area contributed by atoms with E-state index in [4.69, 9.17) is 5.11 Å². The normalized spacial score (nSPS) is 19.2. The molecule has 22 heavy (non-hydrogen) atoms. The summed E-state index contributed by atoms with van der Waals surface area (Å²) in [4.78, 5) is 15.3. The maximum Gasteiger partial charge on any atom is 0.233 e. The Morgan fingerprint density at radius 1 is 1.32 bits per heavy atom. The standard InChI is InChI=1S/C18H28N2O2/c1-3-18(4-2,15-8-6-5-7-9-15)17(22)20-12-11-19-16(14-20)10-13-21/h5-9,16,19,21H,3-4,10-14H2,1-2H3. The third kappa shape index (κ3) is 3.33. The number of piperazine rings is 1. The molecule has 1 aromatic carbocycles. The van der Waals surface area contributed by atoms with Crippen LogP contribution in [0.3, 0.4) is 0 Å². The predicted molar refractivity (Wildman–Crippen MR) is 88.8 cm³/mol. The molecule has 0 aliphatic carbocycles. The second-order valence-electron chi connectivity index (χ2n) is 6.07. The minimum Gasteiger partial charge on any atom is -0.396 e. The van der Waals surface area contributed by atoms with Crippen molar-refractivity contribution in [2.45, 2.75) is 44.6 Å². The number of rotatable bonds is 6. The summed E-state index contributed by atoms with van der Waals surface area (Å²) in [5.41, 5.74) is 0.685. The summed E-state index contributed by atoms with van der Waals surface area (Å²) in [5.74, 6) is 0.230. The lowest BCUT2D eigenvalue weighted by Gasteiger charge is -2.40. The fourth-order valence-corrected chi connectivity index (χ4v) is 3.50. The number of nitrogens with zero attached hydrogens (tertiary/aromatic N) is 1. The number of carbonyl (C=O) groups is 1. The monoisotopic (exact) mass is 304 g/mol. The predicted octanol–water partition coefficient (Wildman–Crippen LogP) is 1.93. The van der Waals surface area contributed by atoms with Crippen molar-refractivity contribution in [1.82, 2.24) is 10.2 Å². The Labute approximate surface area is 133 Å². The Kier molecular flexibility index (Phi) is 5.98. The molecule has 0 aromatic heterocycles. The zero-order valence-corrected chi connectivity index (χ0v) is 13.7. The molecule has 0 saturated carbocycles. The van der Waals surface area contributed by atoms with E-state index in [1.165, 1.54) is 0 Å². The van der Waals surface area contributed by atoms with E-state index in [1.807, 2.05) is 23.1 Å². The average molecular weight is 304 g/mol. The molecule has 1 amide bonds. The highest BCUT2D eigenvalue weighted by molar-refractivity contribution is 5.88. The van der Waals surface area contributed by atoms with Gasteiger partial charge in [-0.2, -0.15) is 0 Å². The van der Waals surface area contributed by atoms with Crippen molar-refractivity contribution < 1.29 is 9.90 Å². The van der Waals surface area contributed by atoms with Crippen LogP contribution in [0.1, 0.15) is 38.7 Å². The van der Waals surface area contributed by atoms with Gasteiger partial charge >= 0.3 is 0 Å². The summed E-state index contributed by atoms with van der Waals surface area (Å²) < 4.78 is 0. The van der Waals surface area contributed by atoms with Gasteiger partial charge in [-0.05, 0) is 24.8 Å². The molecule has 1 atom stereocenters. The van der Waals surface area contributed by atoms with E-state index in [1.54, 1.807) is 0 Å². The number of carbonyl (C=O) groups excluding carboxylic acids is 1. The van der Waals surface area contributed by atoms with Gasteiger partial charge in [-0.1, -0.05) is 44.2 Å². The highest BCUT2D eigenvalue weighted by Gasteiger charge is 2.40. The van der Waals surface area contributed by atoms with Gasteiger partial charge in [-0.3, -0.25) is 4.79 Å². The van der Waals surface area contributed by atoms with E-state index in [0.29, 0.717) is 13.0 Å². The maximum atomic E-state index is 13.3. The number of benzene rings is 1. The molecule has 1 saturated heterocycles. The number of aliphatic hydroxyl groups is 1. The van der Waals surface area contributed by atoms with Crippen molar-refractivity contribution in [2.24, 2.45) is 0 Å². The van der Waals surface area contributed by atoms with E-state index < -0.39 is 5.41 Å². The minimum absolute atomic E-state index is 0.158. The van der Waals surface area contributed by atoms with E-state index in [-0.39, 0.29) is 18.6 Å². The van der Waals surface area contributed by atoms with Gasteiger partial charge in [-0.25, -0.2) is 0 Å². The van der Waals surface area contributed by atoms with Crippen molar-refractivity contribution >= 4 is 5.91 Å². The lowest BCUT2D eigenvalue weighted by Crippen LogP contribution is -2.57. The molecule has 0 spiro atoms. The van der Waals surface area contributed by atoms with Gasteiger partial charge in [0.15, 0.2) is 0 Å². The van der Waals surface area contributed by atoms with Crippen molar-refractivity contribution in [3.8, 4) is 0 Å². The fourth-order valence-electron chi connectivity index (χ4n) is 3.50. The quantitative estimate of drug-likeness (QED) is 0.844. The first-order valence-electron chi connectivity index (χ1n) is 8.37. The van der Waals surface area contributed by atoms with Crippen LogP contribution in [-0.4, -0.2) is 48.2 Å². The van der Waals surface area contributed by atoms with Crippen LogP contribution in [0.5, 0.6) is 0 Å². The van der Waals surface area contributed by atoms with Crippen LogP contribution in [0.2, 0.25) is 0 Å². The van der Waals surface area contributed by atoms with Crippen LogP contribution in [-0.2, 0) is 10.2 Å². The van der Waals surface area contributed by atoms with Crippen molar-refractivity contribution in [2.75, 3.05) is 26.2 Å². The van der Waals surface area contributed by atoms with E-state index in [0.717, 1.165) is 31.5 Å². The smallest absolute Gasteiger partial charge is 0.233 e. The second kappa shape index (κ2) is 7.75. The lowest BCUT2D eigenvalue weighted by atomic mass is 9.74. The average Bonchev–Trinajstić information content (AvgIpc) is 2.58. The minimum atomic E-state index is -0.428. The van der Waals surface area contributed by atoms with Gasteiger partial charge in [0.2, 0.25) is 5.91 Å². The zero-order chi connectivity index (χ0) is 16.0. The van der Waals surface area contributed by atoms with Gasteiger partial charge in [0.1, 0.15) is 0 Å². The molecule has 4 nitrogen and oxygen atoms in total. The van der Waals surface area contributed by atoms with Crippen LogP contribution in [0.15, 0.2) is 30.3 Å². The molecule has 4 heteroatoms. The summed E-state index contributed by atoms with van der Waals surface area (Å²) in [6.45, 7) is 6.59. The molecule has 1 fully saturated rings. The summed E-state index contributed by atoms with van der Waals surface area (Å²) in [7, 11) is 0. The summed E-state index contributed by atoms with van der Waals surface area (Å²) in [6.07, 6.45) is 2.31. The van der Waals surface area contributed by atoms with Crippen LogP contribution in [0, 0.1) is 0 Å². The Balaban J connectivity index is 2.23. The molecule has 2 rings (SSSR count). The molecule has 0 radical (unpaired) electrons. The Morgan fingerprint density at radius 3 is 2.59 bits per heavy atom. The Morgan fingerprint density at radius 2 is 2.00 bits per heavy atom. The molecule has 1 aromatic rings. The second-order valence-corrected chi connectivity index (χ2v) is 6.07. The largest absolute Gasteiger partial charge is 0.396 e. The first-order chi connectivity index (χ1) is 10.7. The van der Waals surface area contributed by atoms with E-state index >= 15 is 0 Å². The van der Waals surface area contributed by atoms with E-state index in [9.17, 15) is 4.79 Å². The number of aliphatic hydroxyl groups excluding tert-OH is 1. The summed E-state index contributed by atoms with van der Waals surface area (Å²) in [5, 5.41) is 12.5. The van der Waals surface area contributed by atoms with Crippen LogP contribution >= 0.6 is 0 Å². The molecular formula is C18H28N2O2. The molecule has 2 N–H and O–H groups in total. The maximum absolute atomic E-state index is 13.3. The Bertz CT molecular complexity index is 469. The summed E-state index contributed by atoms with van der Waals surface area (Å²) in [6, 6.07) is 10.3. The number of hydrogen-bond donors (Lipinski definition) is 2. The molecular weight excluding hydrogens is 276 g/mol. The lowest BCUT2D eigenvalue weighted by molar-refractivity contribution is -0.139. The Hall–Kier alpha value is -1.39. The number of hydrogen-bond acceptors (Lipinski definition) is 3. The molecule has 122 valence electrons. The number of amides is 1. The van der Waals surface area contributed by atoms with Crippen molar-refractivity contribution in [1.29, 1.82) is 0 Å². The first-order valence-corrected chi connectivity index (χ1v) is 8.37. The third-order valence-corrected chi connectivity index (χ3v) is 4.96. The van der Waals surface area contributed by atoms with Gasteiger partial charge < -0.3 is 15.3 Å². The van der Waals surface area contributed by atoms with Crippen LogP contribution < -0.4 is 5.32 Å². The molecule has 0 bridgehead atoms. The first kappa shape index (κ1) is 17.0. The van der Waals surface area contributed by atoms with Gasteiger partial charge in [0.05, 0.1) is 5.41 Å². The van der Waals surface area contributed by atoms with Crippen LogP contribution in [0.25, 0.3) is 0 Å². The molecule has 1 aliphatic rings. The molecule has 1 aliphatic heterocycles. The fraction of sp³-hybridized carbons (Fsp3) is 0.611. The SMILES string of the molecule is CCC(CC)(C(=O)N1CCNC(CCO)C1)c1ccccc1. The molecule has 1 unspecified atom stereocenters. The number of nitrogens with one attached hydrogen (secondary N) is 1. The third-order valence-electron chi connectivity index (χ3n) is 4.96. The van der Waals surface area contributed by atoms with E-state index in [2.05, 4.69) is 31.3 Å².